The van der Waals surface area contributed by atoms with Crippen molar-refractivity contribution in [1.29, 1.82) is 0 Å². The van der Waals surface area contributed by atoms with Crippen molar-refractivity contribution in [3.05, 3.63) is 60.7 Å². The topological polar surface area (TPSA) is 176 Å². The van der Waals surface area contributed by atoms with Crippen LogP contribution in [-0.2, 0) is 38.9 Å². The molecule has 2 aromatic rings. The van der Waals surface area contributed by atoms with Crippen molar-refractivity contribution in [2.75, 3.05) is 60.9 Å². The monoisotopic (exact) mass is 646 g/mol. The van der Waals surface area contributed by atoms with Gasteiger partial charge in [0.1, 0.15) is 24.8 Å². The van der Waals surface area contributed by atoms with E-state index in [0.717, 1.165) is 22.3 Å². The number of aliphatic imine (C=N–C) groups is 2. The predicted octanol–water partition coefficient (Wildman–Crippen LogP) is 1.06. The Morgan fingerprint density at radius 1 is 0.727 bits per heavy atom. The normalized spacial score (nSPS) is 14.8. The molecule has 14 nitrogen and oxygen atoms in total. The Hall–Kier alpha value is -4.44. The van der Waals surface area contributed by atoms with Crippen molar-refractivity contribution in [1.82, 2.24) is 10.6 Å². The van der Waals surface area contributed by atoms with Crippen LogP contribution in [0, 0.1) is 0 Å². The number of para-hydroxylation sites is 2. The van der Waals surface area contributed by atoms with Gasteiger partial charge >= 0.3 is 11.9 Å². The number of nitrogens with one attached hydrogen (secondary N) is 2. The number of rotatable bonds is 14. The molecule has 44 heavy (non-hydrogen) atoms. The summed E-state index contributed by atoms with van der Waals surface area (Å²) >= 11 is 0. The van der Waals surface area contributed by atoms with Gasteiger partial charge in [0.25, 0.3) is 0 Å². The minimum absolute atomic E-state index is 0.0305. The van der Waals surface area contributed by atoms with Crippen molar-refractivity contribution in [3.63, 3.8) is 0 Å². The lowest BCUT2D eigenvalue weighted by Gasteiger charge is -2.25. The number of carbonyl (C=O) groups excluding carboxylic acids is 2. The molecule has 4 rings (SSSR count). The fourth-order valence-electron chi connectivity index (χ4n) is 4.29. The Kier molecular flexibility index (Phi) is 10.6. The number of anilines is 2. The minimum atomic E-state index is -3.68. The summed E-state index contributed by atoms with van der Waals surface area (Å²) in [6.45, 7) is 5.08. The Morgan fingerprint density at radius 3 is 1.45 bits per heavy atom. The lowest BCUT2D eigenvalue weighted by Crippen LogP contribution is -2.38. The van der Waals surface area contributed by atoms with Gasteiger partial charge in [0.15, 0.2) is 19.7 Å². The number of nitrogens with zero attached hydrogens (tertiary/aromatic N) is 4. The predicted molar refractivity (Wildman–Crippen MR) is 165 cm³/mol. The molecule has 2 heterocycles. The number of sulfone groups is 2. The van der Waals surface area contributed by atoms with Crippen molar-refractivity contribution in [2.24, 2.45) is 9.98 Å². The Labute approximate surface area is 256 Å². The third-order valence-electron chi connectivity index (χ3n) is 6.53. The summed E-state index contributed by atoms with van der Waals surface area (Å²) in [4.78, 5) is 45.3. The van der Waals surface area contributed by atoms with Gasteiger partial charge in [-0.3, -0.25) is 9.98 Å². The number of carbonyl (C=O) groups is 2. The summed E-state index contributed by atoms with van der Waals surface area (Å²) in [5.74, 6) is -1.34. The molecule has 0 aliphatic carbocycles. The number of hydrogen-bond acceptors (Lipinski definition) is 14. The van der Waals surface area contributed by atoms with E-state index >= 15 is 0 Å². The van der Waals surface area contributed by atoms with E-state index in [1.54, 1.807) is 24.3 Å². The van der Waals surface area contributed by atoms with Crippen molar-refractivity contribution < 1.29 is 36.1 Å². The fraction of sp³-hybridized carbons (Fsp3) is 0.357. The van der Waals surface area contributed by atoms with E-state index in [1.807, 2.05) is 0 Å². The zero-order valence-corrected chi connectivity index (χ0v) is 25.9. The van der Waals surface area contributed by atoms with E-state index in [1.165, 1.54) is 38.1 Å². The quantitative estimate of drug-likeness (QED) is 0.221. The van der Waals surface area contributed by atoms with Crippen LogP contribution in [0.4, 0.5) is 11.4 Å². The molecule has 0 saturated heterocycles. The summed E-state index contributed by atoms with van der Waals surface area (Å²) in [5, 5.41) is 8.30. The van der Waals surface area contributed by atoms with Gasteiger partial charge < -0.3 is 20.3 Å². The highest BCUT2D eigenvalue weighted by atomic mass is 32.2. The molecule has 2 N–H and O–H groups in total. The first-order chi connectivity index (χ1) is 21.0. The molecule has 0 unspecified atom stereocenters. The van der Waals surface area contributed by atoms with Crippen LogP contribution < -0.4 is 20.8 Å². The molecule has 0 radical (unpaired) electrons. The highest BCUT2D eigenvalue weighted by molar-refractivity contribution is 7.91. The summed E-state index contributed by atoms with van der Waals surface area (Å²) in [7, 11) is -7.37. The van der Waals surface area contributed by atoms with Gasteiger partial charge in [-0.2, -0.15) is 10.1 Å². The maximum atomic E-state index is 12.9. The van der Waals surface area contributed by atoms with Crippen LogP contribution in [0.5, 0.6) is 0 Å². The van der Waals surface area contributed by atoms with Crippen LogP contribution in [0.2, 0.25) is 0 Å². The first kappa shape index (κ1) is 32.5. The van der Waals surface area contributed by atoms with Crippen molar-refractivity contribution >= 4 is 54.7 Å². The van der Waals surface area contributed by atoms with Gasteiger partial charge in [-0.15, -0.1) is 0 Å². The van der Waals surface area contributed by atoms with Gasteiger partial charge in [-0.1, -0.05) is 38.1 Å². The van der Waals surface area contributed by atoms with E-state index in [9.17, 15) is 26.4 Å². The summed E-state index contributed by atoms with van der Waals surface area (Å²) in [5.41, 5.74) is 0.250. The van der Waals surface area contributed by atoms with Crippen LogP contribution in [0.1, 0.15) is 13.8 Å². The van der Waals surface area contributed by atoms with Crippen LogP contribution in [-0.4, -0.2) is 91.2 Å². The lowest BCUT2D eigenvalue weighted by atomic mass is 10.3. The molecule has 236 valence electrons. The molecule has 0 spiro atoms. The van der Waals surface area contributed by atoms with E-state index in [2.05, 4.69) is 20.6 Å². The lowest BCUT2D eigenvalue weighted by molar-refractivity contribution is -0.141. The van der Waals surface area contributed by atoms with E-state index < -0.39 is 31.6 Å². The van der Waals surface area contributed by atoms with Crippen LogP contribution in [0.25, 0.3) is 0 Å². The highest BCUT2D eigenvalue weighted by Crippen LogP contribution is 2.28. The fourth-order valence-corrected chi connectivity index (χ4v) is 6.46. The molecule has 2 aliphatic heterocycles. The smallest absolute Gasteiger partial charge is 0.356 e. The zero-order chi connectivity index (χ0) is 31.7. The van der Waals surface area contributed by atoms with Gasteiger partial charge in [-0.05, 0) is 24.3 Å². The highest BCUT2D eigenvalue weighted by Gasteiger charge is 2.26. The summed E-state index contributed by atoms with van der Waals surface area (Å²) < 4.78 is 51.1. The molecule has 0 saturated carbocycles. The molecular weight excluding hydrogens is 612 g/mol. The van der Waals surface area contributed by atoms with Crippen LogP contribution >= 0.6 is 0 Å². The van der Waals surface area contributed by atoms with Gasteiger partial charge in [0, 0.05) is 25.2 Å². The molecular formula is C28H34N6O8S2. The van der Waals surface area contributed by atoms with E-state index in [4.69, 9.17) is 9.68 Å². The first-order valence-electron chi connectivity index (χ1n) is 13.9. The molecule has 0 aromatic heterocycles. The second-order valence-corrected chi connectivity index (χ2v) is 14.0. The van der Waals surface area contributed by atoms with E-state index in [0.29, 0.717) is 37.9 Å². The Balaban J connectivity index is 1.55. The molecule has 0 atom stereocenters. The zero-order valence-electron chi connectivity index (χ0n) is 24.3. The van der Waals surface area contributed by atoms with Gasteiger partial charge in [0.05, 0.1) is 45.8 Å². The number of hydrogen-bond donors (Lipinski definition) is 2. The standard InChI is InChI=1S/C28H34N6O8S2/c1-3-43(37,38)23-11-7-5-9-21(23)33(19-25-29-15-16-30-25)41-27(35)13-14-28(36)42-34(20-26-31-17-18-32-26)22-10-6-8-12-24(22)44(39,40)4-2/h5-14H,3-4,15-20H2,1-2H3,(H,29,30)(H,31,32)/b14-13+. The van der Waals surface area contributed by atoms with Crippen LogP contribution in [0.15, 0.2) is 80.5 Å². The average Bonchev–Trinajstić information content (AvgIpc) is 3.74. The molecule has 2 aliphatic rings. The average molecular weight is 647 g/mol. The molecule has 0 fully saturated rings. The number of benzene rings is 2. The Bertz CT molecular complexity index is 1570. The van der Waals surface area contributed by atoms with Gasteiger partial charge in [0.2, 0.25) is 0 Å². The molecule has 16 heteroatoms. The Morgan fingerprint density at radius 2 is 1.11 bits per heavy atom. The first-order valence-corrected chi connectivity index (χ1v) is 17.2. The molecule has 2 aromatic carbocycles. The molecule has 0 bridgehead atoms. The number of hydroxylamine groups is 2. The minimum Gasteiger partial charge on any atom is -0.370 e. The number of amidine groups is 2. The van der Waals surface area contributed by atoms with Gasteiger partial charge in [-0.25, -0.2) is 26.4 Å². The second kappa shape index (κ2) is 14.4. The summed E-state index contributed by atoms with van der Waals surface area (Å²) in [6, 6.07) is 12.2. The van der Waals surface area contributed by atoms with Crippen LogP contribution in [0.3, 0.4) is 0 Å². The molecule has 0 amide bonds. The van der Waals surface area contributed by atoms with Crippen molar-refractivity contribution in [3.8, 4) is 0 Å². The maximum Gasteiger partial charge on any atom is 0.356 e. The third-order valence-corrected chi connectivity index (χ3v) is 10.1. The second-order valence-electron chi connectivity index (χ2n) is 9.48. The van der Waals surface area contributed by atoms with E-state index in [-0.39, 0.29) is 45.8 Å². The largest absolute Gasteiger partial charge is 0.370 e. The van der Waals surface area contributed by atoms with Crippen molar-refractivity contribution in [2.45, 2.75) is 23.6 Å². The third kappa shape index (κ3) is 8.13. The SMILES string of the molecule is CCS(=O)(=O)c1ccccc1N(CC1=NCCN1)OC(=O)/C=C/C(=O)ON(CC1=NCCN1)c1ccccc1S(=O)(=O)CC. The maximum absolute atomic E-state index is 12.9. The summed E-state index contributed by atoms with van der Waals surface area (Å²) in [6.07, 6.45) is 1.66.